The molecule has 0 aliphatic rings. The van der Waals surface area contributed by atoms with Crippen LogP contribution in [0.15, 0.2) is 188 Å². The highest BCUT2D eigenvalue weighted by Crippen LogP contribution is 2.41. The number of hydrogen-bond donors (Lipinski definition) is 0. The predicted molar refractivity (Wildman–Crippen MR) is 192 cm³/mol. The molecule has 1 heteroatoms. The van der Waals surface area contributed by atoms with E-state index in [9.17, 15) is 0 Å². The molecule has 0 atom stereocenters. The van der Waals surface area contributed by atoms with E-state index in [1.165, 1.54) is 54.9 Å². The van der Waals surface area contributed by atoms with Crippen LogP contribution in [-0.4, -0.2) is 0 Å². The minimum absolute atomic E-state index is 1.13. The fourth-order valence-corrected chi connectivity index (χ4v) is 6.50. The third kappa shape index (κ3) is 5.05. The van der Waals surface area contributed by atoms with Crippen molar-refractivity contribution in [1.29, 1.82) is 0 Å². The van der Waals surface area contributed by atoms with Gasteiger partial charge in [0.15, 0.2) is 0 Å². The maximum Gasteiger partial charge on any atom is 0.0462 e. The molecular weight excluding hydrogens is 542 g/mol. The molecule has 0 saturated carbocycles. The molecule has 0 saturated heterocycles. The Morgan fingerprint density at radius 3 is 1.40 bits per heavy atom. The van der Waals surface area contributed by atoms with Crippen molar-refractivity contribution >= 4 is 38.6 Å². The number of fused-ring (bicyclic) bond motifs is 3. The zero-order valence-corrected chi connectivity index (χ0v) is 24.8. The maximum atomic E-state index is 2.35. The van der Waals surface area contributed by atoms with Crippen LogP contribution in [0.3, 0.4) is 0 Å². The van der Waals surface area contributed by atoms with Gasteiger partial charge in [-0.3, -0.25) is 0 Å². The van der Waals surface area contributed by atoms with Crippen LogP contribution in [0.25, 0.3) is 54.9 Å². The van der Waals surface area contributed by atoms with E-state index in [2.05, 4.69) is 193 Å². The van der Waals surface area contributed by atoms with Crippen LogP contribution >= 0.6 is 0 Å². The van der Waals surface area contributed by atoms with Crippen LogP contribution in [0.2, 0.25) is 0 Å². The summed E-state index contributed by atoms with van der Waals surface area (Å²) in [5, 5.41) is 5.12. The van der Waals surface area contributed by atoms with Crippen molar-refractivity contribution in [1.82, 2.24) is 0 Å². The molecule has 8 aromatic rings. The third-order valence-electron chi connectivity index (χ3n) is 8.65. The van der Waals surface area contributed by atoms with Crippen LogP contribution in [-0.2, 0) is 0 Å². The quantitative estimate of drug-likeness (QED) is 0.179. The Hall–Kier alpha value is -5.92. The topological polar surface area (TPSA) is 3.24 Å². The van der Waals surface area contributed by atoms with Gasteiger partial charge in [-0.05, 0) is 97.4 Å². The summed E-state index contributed by atoms with van der Waals surface area (Å²) in [6.45, 7) is 0. The van der Waals surface area contributed by atoms with E-state index in [1.54, 1.807) is 0 Å². The second-order valence-corrected chi connectivity index (χ2v) is 11.4. The molecule has 8 rings (SSSR count). The largest absolute Gasteiger partial charge is 0.311 e. The number of benzene rings is 8. The molecule has 0 aliphatic carbocycles. The molecule has 212 valence electrons. The first-order valence-corrected chi connectivity index (χ1v) is 15.4. The lowest BCUT2D eigenvalue weighted by molar-refractivity contribution is 1.28. The van der Waals surface area contributed by atoms with Gasteiger partial charge in [-0.25, -0.2) is 0 Å². The SMILES string of the molecule is c1ccc(-c2cc3ccccc3c3cccc(-c4ccc(-c5ccc(N(c6ccccc6)c6ccccc6)cc5)cc4)c23)cc1. The van der Waals surface area contributed by atoms with Crippen LogP contribution in [0.5, 0.6) is 0 Å². The van der Waals surface area contributed by atoms with Gasteiger partial charge in [0, 0.05) is 17.1 Å². The lowest BCUT2D eigenvalue weighted by Crippen LogP contribution is -2.09. The van der Waals surface area contributed by atoms with Gasteiger partial charge in [0.1, 0.15) is 0 Å². The molecule has 0 radical (unpaired) electrons. The third-order valence-corrected chi connectivity index (χ3v) is 8.65. The Bertz CT molecular complexity index is 2180. The fraction of sp³-hybridized carbons (Fsp3) is 0. The number of anilines is 3. The number of hydrogen-bond acceptors (Lipinski definition) is 1. The van der Waals surface area contributed by atoms with Crippen molar-refractivity contribution in [3.8, 4) is 33.4 Å². The standard InChI is InChI=1S/C44H31N/c1-4-13-34(14-5-1)43-31-36-15-10-11-20-40(36)42-22-12-21-41(44(42)43)35-25-23-32(24-26-35)33-27-29-39(30-28-33)45(37-16-6-2-7-17-37)38-18-8-3-9-19-38/h1-31H. The highest BCUT2D eigenvalue weighted by Gasteiger charge is 2.15. The smallest absolute Gasteiger partial charge is 0.0462 e. The van der Waals surface area contributed by atoms with Crippen molar-refractivity contribution in [2.24, 2.45) is 0 Å². The van der Waals surface area contributed by atoms with Crippen LogP contribution in [0, 0.1) is 0 Å². The van der Waals surface area contributed by atoms with Crippen molar-refractivity contribution in [2.45, 2.75) is 0 Å². The number of nitrogens with zero attached hydrogens (tertiary/aromatic N) is 1. The van der Waals surface area contributed by atoms with E-state index < -0.39 is 0 Å². The second kappa shape index (κ2) is 11.6. The summed E-state index contributed by atoms with van der Waals surface area (Å²) in [4.78, 5) is 2.29. The van der Waals surface area contributed by atoms with Crippen LogP contribution in [0.4, 0.5) is 17.1 Å². The number of para-hydroxylation sites is 2. The van der Waals surface area contributed by atoms with Gasteiger partial charge >= 0.3 is 0 Å². The Morgan fingerprint density at radius 1 is 0.289 bits per heavy atom. The lowest BCUT2D eigenvalue weighted by atomic mass is 9.88. The first-order chi connectivity index (χ1) is 22.3. The molecule has 0 N–H and O–H groups in total. The molecule has 0 amide bonds. The minimum atomic E-state index is 1.13. The zero-order chi connectivity index (χ0) is 30.0. The maximum absolute atomic E-state index is 2.35. The van der Waals surface area contributed by atoms with Crippen molar-refractivity contribution < 1.29 is 0 Å². The Labute approximate surface area is 264 Å². The molecule has 0 aliphatic heterocycles. The van der Waals surface area contributed by atoms with Gasteiger partial charge in [-0.2, -0.15) is 0 Å². The first kappa shape index (κ1) is 26.7. The molecule has 0 spiro atoms. The van der Waals surface area contributed by atoms with Gasteiger partial charge in [-0.1, -0.05) is 146 Å². The predicted octanol–water partition coefficient (Wildman–Crippen LogP) is 12.5. The Morgan fingerprint density at radius 2 is 0.756 bits per heavy atom. The summed E-state index contributed by atoms with van der Waals surface area (Å²) in [5.41, 5.74) is 10.8. The molecule has 0 fully saturated rings. The van der Waals surface area contributed by atoms with E-state index in [-0.39, 0.29) is 0 Å². The highest BCUT2D eigenvalue weighted by molar-refractivity contribution is 6.18. The van der Waals surface area contributed by atoms with Gasteiger partial charge in [0.05, 0.1) is 0 Å². The Balaban J connectivity index is 1.18. The monoisotopic (exact) mass is 573 g/mol. The normalized spacial score (nSPS) is 11.1. The van der Waals surface area contributed by atoms with Crippen LogP contribution in [0.1, 0.15) is 0 Å². The molecule has 1 nitrogen and oxygen atoms in total. The molecule has 8 aromatic carbocycles. The van der Waals surface area contributed by atoms with Crippen molar-refractivity contribution in [3.63, 3.8) is 0 Å². The van der Waals surface area contributed by atoms with Gasteiger partial charge < -0.3 is 4.90 Å². The average molecular weight is 574 g/mol. The molecular formula is C44H31N. The summed E-state index contributed by atoms with van der Waals surface area (Å²) in [6, 6.07) is 67.5. The van der Waals surface area contributed by atoms with Gasteiger partial charge in [0.2, 0.25) is 0 Å². The van der Waals surface area contributed by atoms with Gasteiger partial charge in [-0.15, -0.1) is 0 Å². The highest BCUT2D eigenvalue weighted by atomic mass is 15.1. The molecule has 0 unspecified atom stereocenters. The average Bonchev–Trinajstić information content (AvgIpc) is 3.13. The summed E-state index contributed by atoms with van der Waals surface area (Å²) in [5.74, 6) is 0. The Kier molecular flexibility index (Phi) is 6.90. The van der Waals surface area contributed by atoms with Crippen molar-refractivity contribution in [3.05, 3.63) is 188 Å². The molecule has 0 heterocycles. The zero-order valence-electron chi connectivity index (χ0n) is 24.8. The van der Waals surface area contributed by atoms with Crippen molar-refractivity contribution in [2.75, 3.05) is 4.90 Å². The van der Waals surface area contributed by atoms with E-state index in [0.29, 0.717) is 0 Å². The number of rotatable bonds is 6. The minimum Gasteiger partial charge on any atom is -0.311 e. The fourth-order valence-electron chi connectivity index (χ4n) is 6.50. The molecule has 45 heavy (non-hydrogen) atoms. The van der Waals surface area contributed by atoms with E-state index >= 15 is 0 Å². The molecule has 0 bridgehead atoms. The van der Waals surface area contributed by atoms with E-state index in [4.69, 9.17) is 0 Å². The second-order valence-electron chi connectivity index (χ2n) is 11.4. The summed E-state index contributed by atoms with van der Waals surface area (Å²) >= 11 is 0. The van der Waals surface area contributed by atoms with E-state index in [1.807, 2.05) is 0 Å². The first-order valence-electron chi connectivity index (χ1n) is 15.4. The van der Waals surface area contributed by atoms with Gasteiger partial charge in [0.25, 0.3) is 0 Å². The molecule has 0 aromatic heterocycles. The lowest BCUT2D eigenvalue weighted by Gasteiger charge is -2.25. The summed E-state index contributed by atoms with van der Waals surface area (Å²) < 4.78 is 0. The van der Waals surface area contributed by atoms with E-state index in [0.717, 1.165) is 17.1 Å². The summed E-state index contributed by atoms with van der Waals surface area (Å²) in [6.07, 6.45) is 0. The summed E-state index contributed by atoms with van der Waals surface area (Å²) in [7, 11) is 0. The van der Waals surface area contributed by atoms with Crippen LogP contribution < -0.4 is 4.90 Å².